The van der Waals surface area contributed by atoms with Gasteiger partial charge in [0.25, 0.3) is 0 Å². The first-order valence-corrected chi connectivity index (χ1v) is 8.00. The average molecular weight is 268 g/mol. The van der Waals surface area contributed by atoms with Gasteiger partial charge in [-0.2, -0.15) is 0 Å². The van der Waals surface area contributed by atoms with Gasteiger partial charge in [0.1, 0.15) is 0 Å². The van der Waals surface area contributed by atoms with Gasteiger partial charge >= 0.3 is 0 Å². The summed E-state index contributed by atoms with van der Waals surface area (Å²) < 4.78 is 11.5. The molecule has 0 aromatic rings. The van der Waals surface area contributed by atoms with Gasteiger partial charge in [-0.25, -0.2) is 0 Å². The maximum Gasteiger partial charge on any atom is 0.0951 e. The molecule has 0 aliphatic carbocycles. The van der Waals surface area contributed by atoms with E-state index in [9.17, 15) is 0 Å². The second kappa shape index (κ2) is 6.08. The van der Waals surface area contributed by atoms with Crippen LogP contribution in [0.25, 0.3) is 0 Å². The number of likely N-dealkylation sites (tertiary alicyclic amines) is 1. The third kappa shape index (κ3) is 3.13. The summed E-state index contributed by atoms with van der Waals surface area (Å²) >= 11 is 0. The number of hydrogen-bond acceptors (Lipinski definition) is 4. The van der Waals surface area contributed by atoms with Crippen LogP contribution in [0.1, 0.15) is 39.0 Å². The summed E-state index contributed by atoms with van der Waals surface area (Å²) in [4.78, 5) is 2.61. The van der Waals surface area contributed by atoms with Crippen LogP contribution in [0.3, 0.4) is 0 Å². The van der Waals surface area contributed by atoms with Gasteiger partial charge < -0.3 is 14.8 Å². The van der Waals surface area contributed by atoms with Crippen molar-refractivity contribution in [1.82, 2.24) is 10.2 Å². The SMILES string of the molecule is CCN1CCCC1CNC1CCOC2(CCOC2)C1. The van der Waals surface area contributed by atoms with E-state index in [0.717, 1.165) is 51.7 Å². The molecular weight excluding hydrogens is 240 g/mol. The van der Waals surface area contributed by atoms with Gasteiger partial charge in [-0.15, -0.1) is 0 Å². The van der Waals surface area contributed by atoms with Crippen LogP contribution in [0.5, 0.6) is 0 Å². The zero-order valence-corrected chi connectivity index (χ0v) is 12.2. The summed E-state index contributed by atoms with van der Waals surface area (Å²) in [6.07, 6.45) is 6.09. The molecule has 4 nitrogen and oxygen atoms in total. The van der Waals surface area contributed by atoms with E-state index in [1.54, 1.807) is 0 Å². The van der Waals surface area contributed by atoms with Crippen molar-refractivity contribution in [2.45, 2.75) is 56.7 Å². The molecule has 0 saturated carbocycles. The van der Waals surface area contributed by atoms with Crippen molar-refractivity contribution in [3.63, 3.8) is 0 Å². The van der Waals surface area contributed by atoms with Gasteiger partial charge in [-0.05, 0) is 38.8 Å². The summed E-state index contributed by atoms with van der Waals surface area (Å²) in [6, 6.07) is 1.37. The number of rotatable bonds is 4. The fraction of sp³-hybridized carbons (Fsp3) is 1.00. The van der Waals surface area contributed by atoms with Gasteiger partial charge in [0.2, 0.25) is 0 Å². The van der Waals surface area contributed by atoms with Crippen molar-refractivity contribution in [1.29, 1.82) is 0 Å². The fourth-order valence-corrected chi connectivity index (χ4v) is 3.91. The minimum absolute atomic E-state index is 0.0377. The maximum absolute atomic E-state index is 6.00. The molecule has 4 heteroatoms. The highest BCUT2D eigenvalue weighted by molar-refractivity contribution is 4.93. The van der Waals surface area contributed by atoms with E-state index >= 15 is 0 Å². The zero-order chi connectivity index (χ0) is 13.1. The van der Waals surface area contributed by atoms with E-state index in [0.29, 0.717) is 6.04 Å². The Labute approximate surface area is 116 Å². The van der Waals surface area contributed by atoms with Gasteiger partial charge in [-0.3, -0.25) is 4.90 Å². The van der Waals surface area contributed by atoms with Crippen molar-refractivity contribution in [2.75, 3.05) is 39.5 Å². The normalized spacial score (nSPS) is 40.3. The smallest absolute Gasteiger partial charge is 0.0951 e. The molecule has 3 fully saturated rings. The van der Waals surface area contributed by atoms with Gasteiger partial charge in [0.05, 0.1) is 12.2 Å². The van der Waals surface area contributed by atoms with Crippen molar-refractivity contribution >= 4 is 0 Å². The lowest BCUT2D eigenvalue weighted by atomic mass is 9.89. The van der Waals surface area contributed by atoms with Gasteiger partial charge in [0.15, 0.2) is 0 Å². The number of nitrogens with one attached hydrogen (secondary N) is 1. The molecular formula is C15H28N2O2. The van der Waals surface area contributed by atoms with E-state index < -0.39 is 0 Å². The number of ether oxygens (including phenoxy) is 2. The summed E-state index contributed by atoms with van der Waals surface area (Å²) in [5, 5.41) is 3.80. The van der Waals surface area contributed by atoms with E-state index in [1.165, 1.54) is 25.9 Å². The lowest BCUT2D eigenvalue weighted by molar-refractivity contribution is -0.0896. The second-order valence-electron chi connectivity index (χ2n) is 6.36. The second-order valence-corrected chi connectivity index (χ2v) is 6.36. The Kier molecular flexibility index (Phi) is 4.42. The van der Waals surface area contributed by atoms with Crippen LogP contribution in [0.15, 0.2) is 0 Å². The van der Waals surface area contributed by atoms with Gasteiger partial charge in [0, 0.05) is 38.3 Å². The average Bonchev–Trinajstić information content (AvgIpc) is 3.06. The Morgan fingerprint density at radius 2 is 2.26 bits per heavy atom. The van der Waals surface area contributed by atoms with Crippen molar-refractivity contribution < 1.29 is 9.47 Å². The molecule has 3 unspecified atom stereocenters. The molecule has 0 aromatic heterocycles. The van der Waals surface area contributed by atoms with Crippen LogP contribution in [-0.2, 0) is 9.47 Å². The van der Waals surface area contributed by atoms with Crippen LogP contribution in [0.4, 0.5) is 0 Å². The van der Waals surface area contributed by atoms with Crippen molar-refractivity contribution in [3.05, 3.63) is 0 Å². The third-order valence-electron chi connectivity index (χ3n) is 5.11. The molecule has 110 valence electrons. The number of hydrogen-bond donors (Lipinski definition) is 1. The minimum atomic E-state index is 0.0377. The third-order valence-corrected chi connectivity index (χ3v) is 5.11. The Morgan fingerprint density at radius 1 is 1.32 bits per heavy atom. The first kappa shape index (κ1) is 13.8. The molecule has 0 bridgehead atoms. The predicted molar refractivity (Wildman–Crippen MR) is 75.4 cm³/mol. The molecule has 0 aromatic carbocycles. The monoisotopic (exact) mass is 268 g/mol. The standard InChI is InChI=1S/C15H28N2O2/c1-2-17-7-3-4-14(17)11-16-13-5-8-19-15(10-13)6-9-18-12-15/h13-14,16H,2-12H2,1H3. The summed E-state index contributed by atoms with van der Waals surface area (Å²) in [7, 11) is 0. The molecule has 3 rings (SSSR count). The van der Waals surface area contributed by atoms with Gasteiger partial charge in [-0.1, -0.05) is 6.92 Å². The highest BCUT2D eigenvalue weighted by atomic mass is 16.6. The summed E-state index contributed by atoms with van der Waals surface area (Å²) in [6.45, 7) is 8.47. The van der Waals surface area contributed by atoms with Crippen LogP contribution in [0, 0.1) is 0 Å². The Hall–Kier alpha value is -0.160. The summed E-state index contributed by atoms with van der Waals surface area (Å²) in [5.74, 6) is 0. The maximum atomic E-state index is 6.00. The molecule has 3 heterocycles. The first-order valence-electron chi connectivity index (χ1n) is 8.00. The van der Waals surface area contributed by atoms with Crippen LogP contribution < -0.4 is 5.32 Å². The van der Waals surface area contributed by atoms with E-state index in [1.807, 2.05) is 0 Å². The molecule has 19 heavy (non-hydrogen) atoms. The van der Waals surface area contributed by atoms with Crippen LogP contribution >= 0.6 is 0 Å². The fourth-order valence-electron chi connectivity index (χ4n) is 3.91. The van der Waals surface area contributed by atoms with Crippen molar-refractivity contribution in [2.24, 2.45) is 0 Å². The molecule has 3 atom stereocenters. The lowest BCUT2D eigenvalue weighted by Gasteiger charge is -2.38. The molecule has 1 spiro atoms. The van der Waals surface area contributed by atoms with Crippen LogP contribution in [0.2, 0.25) is 0 Å². The molecule has 1 N–H and O–H groups in total. The van der Waals surface area contributed by atoms with Crippen LogP contribution in [-0.4, -0.2) is 62.0 Å². The number of likely N-dealkylation sites (N-methyl/N-ethyl adjacent to an activating group) is 1. The largest absolute Gasteiger partial charge is 0.378 e. The van der Waals surface area contributed by atoms with E-state index in [2.05, 4.69) is 17.1 Å². The molecule has 3 aliphatic rings. The zero-order valence-electron chi connectivity index (χ0n) is 12.2. The molecule has 0 amide bonds. The quantitative estimate of drug-likeness (QED) is 0.835. The topological polar surface area (TPSA) is 33.7 Å². The highest BCUT2D eigenvalue weighted by Crippen LogP contribution is 2.32. The molecule has 3 aliphatic heterocycles. The Balaban J connectivity index is 1.47. The Bertz CT molecular complexity index is 292. The lowest BCUT2D eigenvalue weighted by Crippen LogP contribution is -2.50. The molecule has 3 saturated heterocycles. The first-order chi connectivity index (χ1) is 9.31. The predicted octanol–water partition coefficient (Wildman–Crippen LogP) is 1.40. The highest BCUT2D eigenvalue weighted by Gasteiger charge is 2.41. The molecule has 0 radical (unpaired) electrons. The number of nitrogens with zero attached hydrogens (tertiary/aromatic N) is 1. The van der Waals surface area contributed by atoms with Crippen molar-refractivity contribution in [3.8, 4) is 0 Å². The van der Waals surface area contributed by atoms with E-state index in [4.69, 9.17) is 9.47 Å². The summed E-state index contributed by atoms with van der Waals surface area (Å²) in [5.41, 5.74) is 0.0377. The Morgan fingerprint density at radius 3 is 3.05 bits per heavy atom. The minimum Gasteiger partial charge on any atom is -0.378 e. The van der Waals surface area contributed by atoms with E-state index in [-0.39, 0.29) is 5.60 Å².